The minimum atomic E-state index is -1.81. The Morgan fingerprint density at radius 3 is 2.40 bits per heavy atom. The van der Waals surface area contributed by atoms with Gasteiger partial charge in [0.2, 0.25) is 0 Å². The maximum Gasteiger partial charge on any atom is 0.282 e. The number of hydrogen-bond donors (Lipinski definition) is 0. The smallest absolute Gasteiger partial charge is 0.282 e. The monoisotopic (exact) mass is 435 g/mol. The fraction of sp³-hybridized carbons (Fsp3) is 0.880. The molecule has 0 aromatic heterocycles. The molecule has 7 atom stereocenters. The number of halogens is 1. The van der Waals surface area contributed by atoms with Gasteiger partial charge in [-0.1, -0.05) is 34.6 Å². The number of hydrogen-bond acceptors (Lipinski definition) is 2. The lowest BCUT2D eigenvalue weighted by Crippen LogP contribution is -2.60. The second-order valence-electron chi connectivity index (χ2n) is 12.7. The maximum atomic E-state index is 14.6. The molecular weight excluding hydrogens is 393 g/mol. The van der Waals surface area contributed by atoms with Crippen LogP contribution in [0, 0.1) is 28.6 Å². The molecule has 1 aliphatic heterocycles. The van der Waals surface area contributed by atoms with E-state index in [0.29, 0.717) is 23.9 Å². The van der Waals surface area contributed by atoms with Crippen molar-refractivity contribution in [2.24, 2.45) is 28.6 Å². The van der Waals surface area contributed by atoms with E-state index in [9.17, 15) is 9.18 Å². The van der Waals surface area contributed by atoms with Gasteiger partial charge in [-0.15, -0.1) is 0 Å². The Hall–Kier alpha value is -0.683. The minimum absolute atomic E-state index is 0.135. The van der Waals surface area contributed by atoms with Gasteiger partial charge >= 0.3 is 0 Å². The topological polar surface area (TPSA) is 29.5 Å². The Balaban J connectivity index is 1.61. The quantitative estimate of drug-likeness (QED) is 0.475. The third kappa shape index (κ3) is 3.08. The predicted molar refractivity (Wildman–Crippen MR) is 122 cm³/mol. The number of carbonyl (C=O) groups excluding carboxylic acids is 1. The van der Waals surface area contributed by atoms with Gasteiger partial charge in [0, 0.05) is 18.5 Å². The Bertz CT molecular complexity index is 759. The molecule has 0 bridgehead atoms. The van der Waals surface area contributed by atoms with Gasteiger partial charge in [-0.25, -0.2) is 4.39 Å². The van der Waals surface area contributed by atoms with Gasteiger partial charge in [0.15, 0.2) is 14.1 Å². The van der Waals surface area contributed by atoms with Gasteiger partial charge in [-0.3, -0.25) is 4.79 Å². The van der Waals surface area contributed by atoms with Crippen LogP contribution in [-0.2, 0) is 9.22 Å². The lowest BCUT2D eigenvalue weighted by atomic mass is 9.48. The van der Waals surface area contributed by atoms with Crippen LogP contribution in [0.1, 0.15) is 73.1 Å². The second kappa shape index (κ2) is 6.91. The molecule has 0 spiro atoms. The average molecular weight is 436 g/mol. The molecule has 4 rings (SSSR count). The van der Waals surface area contributed by atoms with E-state index in [1.165, 1.54) is 12.8 Å². The van der Waals surface area contributed by atoms with Crippen molar-refractivity contribution in [2.45, 2.75) is 103 Å². The number of carbonyl (C=O) groups is 1. The zero-order valence-corrected chi connectivity index (χ0v) is 21.3. The van der Waals surface area contributed by atoms with E-state index >= 15 is 0 Å². The van der Waals surface area contributed by atoms with Crippen molar-refractivity contribution < 1.29 is 13.6 Å². The van der Waals surface area contributed by atoms with E-state index in [2.05, 4.69) is 47.7 Å². The summed E-state index contributed by atoms with van der Waals surface area (Å²) in [6.45, 7) is 16.4. The third-order valence-corrected chi connectivity index (χ3v) is 14.8. The maximum absolute atomic E-state index is 14.6. The first-order valence-electron chi connectivity index (χ1n) is 12.1. The summed E-state index contributed by atoms with van der Waals surface area (Å²) >= 11 is 0. The van der Waals surface area contributed by atoms with Gasteiger partial charge < -0.3 is 9.33 Å². The highest BCUT2D eigenvalue weighted by molar-refractivity contribution is 6.74. The van der Waals surface area contributed by atoms with E-state index < -0.39 is 20.1 Å². The Morgan fingerprint density at radius 2 is 1.77 bits per heavy atom. The Kier molecular flexibility index (Phi) is 5.18. The summed E-state index contributed by atoms with van der Waals surface area (Å²) in [6.07, 6.45) is 8.89. The summed E-state index contributed by atoms with van der Waals surface area (Å²) in [4.78, 5) is 13.9. The summed E-state index contributed by atoms with van der Waals surface area (Å²) < 4.78 is 21.6. The van der Waals surface area contributed by atoms with Crippen LogP contribution in [0.25, 0.3) is 0 Å². The number of likely N-dealkylation sites (N-methyl/N-ethyl adjacent to an activating group) is 1. The van der Waals surface area contributed by atoms with E-state index in [1.807, 2.05) is 0 Å². The molecule has 3 fully saturated rings. The molecule has 3 aliphatic carbocycles. The van der Waals surface area contributed by atoms with E-state index in [1.54, 1.807) is 18.0 Å². The van der Waals surface area contributed by atoms with Gasteiger partial charge in [-0.2, -0.15) is 0 Å². The fourth-order valence-electron chi connectivity index (χ4n) is 7.51. The standard InChI is InChI=1S/C25H42FNO2Si/c1-23(2,3)30(7,8)29-21-12-10-17-16-9-11-20-25(5,15-19(26)22(28)27(20)6)18(16)13-14-24(17,21)4/h15-18,20-21H,9-14H2,1-8H3/t16?,17-,18?,20+,21-,24-,25+/m0/s1. The van der Waals surface area contributed by atoms with Crippen molar-refractivity contribution in [2.75, 3.05) is 7.05 Å². The zero-order chi connectivity index (χ0) is 22.3. The first-order chi connectivity index (χ1) is 13.7. The Labute approximate surface area is 183 Å². The molecule has 30 heavy (non-hydrogen) atoms. The molecule has 0 N–H and O–H groups in total. The number of rotatable bonds is 2. The van der Waals surface area contributed by atoms with Crippen molar-refractivity contribution in [3.63, 3.8) is 0 Å². The van der Waals surface area contributed by atoms with Crippen LogP contribution in [0.2, 0.25) is 18.1 Å². The van der Waals surface area contributed by atoms with Crippen LogP contribution >= 0.6 is 0 Å². The molecule has 1 heterocycles. The molecule has 5 heteroatoms. The summed E-state index contributed by atoms with van der Waals surface area (Å²) in [6, 6.07) is 0.135. The van der Waals surface area contributed by atoms with Crippen LogP contribution in [0.5, 0.6) is 0 Å². The van der Waals surface area contributed by atoms with E-state index in [4.69, 9.17) is 4.43 Å². The second-order valence-corrected chi connectivity index (χ2v) is 17.5. The summed E-state index contributed by atoms with van der Waals surface area (Å²) in [5.41, 5.74) is -0.00606. The molecule has 3 saturated carbocycles. The fourth-order valence-corrected chi connectivity index (χ4v) is 8.96. The highest BCUT2D eigenvalue weighted by Gasteiger charge is 2.62. The summed E-state index contributed by atoms with van der Waals surface area (Å²) in [5.74, 6) is 0.755. The van der Waals surface area contributed by atoms with Crippen LogP contribution in [0.4, 0.5) is 4.39 Å². The molecule has 0 aromatic rings. The van der Waals surface area contributed by atoms with Crippen molar-refractivity contribution >= 4 is 14.2 Å². The lowest BCUT2D eigenvalue weighted by Gasteiger charge is -2.60. The predicted octanol–water partition coefficient (Wildman–Crippen LogP) is 6.31. The number of nitrogens with zero attached hydrogens (tertiary/aromatic N) is 1. The molecule has 0 aromatic carbocycles. The molecule has 170 valence electrons. The van der Waals surface area contributed by atoms with Crippen molar-refractivity contribution in [1.29, 1.82) is 0 Å². The van der Waals surface area contributed by atoms with Crippen LogP contribution in [0.3, 0.4) is 0 Å². The molecule has 0 saturated heterocycles. The average Bonchev–Trinajstić information content (AvgIpc) is 2.95. The zero-order valence-electron chi connectivity index (χ0n) is 20.3. The van der Waals surface area contributed by atoms with E-state index in [-0.39, 0.29) is 21.9 Å². The molecule has 0 radical (unpaired) electrons. The first-order valence-corrected chi connectivity index (χ1v) is 15.0. The van der Waals surface area contributed by atoms with Crippen molar-refractivity contribution in [3.05, 3.63) is 11.9 Å². The van der Waals surface area contributed by atoms with Crippen LogP contribution in [-0.4, -0.2) is 38.3 Å². The normalized spacial score (nSPS) is 44.3. The molecular formula is C25H42FNO2Si. The molecule has 3 nitrogen and oxygen atoms in total. The van der Waals surface area contributed by atoms with Crippen molar-refractivity contribution in [1.82, 2.24) is 4.90 Å². The number of amides is 1. The number of fused-ring (bicyclic) bond motifs is 5. The molecule has 2 unspecified atom stereocenters. The largest absolute Gasteiger partial charge is 0.413 e. The van der Waals surface area contributed by atoms with Crippen LogP contribution in [0.15, 0.2) is 11.9 Å². The lowest BCUT2D eigenvalue weighted by molar-refractivity contribution is -0.143. The van der Waals surface area contributed by atoms with E-state index in [0.717, 1.165) is 25.7 Å². The highest BCUT2D eigenvalue weighted by Crippen LogP contribution is 2.65. The summed E-state index contributed by atoms with van der Waals surface area (Å²) in [7, 11) is -0.0135. The van der Waals surface area contributed by atoms with Gasteiger partial charge in [0.25, 0.3) is 5.91 Å². The third-order valence-electron chi connectivity index (χ3n) is 10.3. The van der Waals surface area contributed by atoms with Gasteiger partial charge in [0.1, 0.15) is 0 Å². The SMILES string of the molecule is CN1C(=O)C(F)=C[C@]2(C)C3CC[C@]4(C)[C@@H](O[Si](C)(C)C(C)(C)C)CC[C@H]4C3CC[C@@H]12. The van der Waals surface area contributed by atoms with Gasteiger partial charge in [0.05, 0.1) is 6.10 Å². The van der Waals surface area contributed by atoms with Crippen molar-refractivity contribution in [3.8, 4) is 0 Å². The summed E-state index contributed by atoms with van der Waals surface area (Å²) in [5, 5.41) is 0.228. The van der Waals surface area contributed by atoms with Crippen LogP contribution < -0.4 is 0 Å². The van der Waals surface area contributed by atoms with Gasteiger partial charge in [-0.05, 0) is 85.9 Å². The molecule has 1 amide bonds. The molecule has 4 aliphatic rings. The first kappa shape index (κ1) is 22.5. The highest BCUT2D eigenvalue weighted by atomic mass is 28.4. The minimum Gasteiger partial charge on any atom is -0.413 e. The Morgan fingerprint density at radius 1 is 1.10 bits per heavy atom.